The molecule has 3 N–H and O–H groups in total. The molecule has 1 atom stereocenters. The molecule has 1 fully saturated rings. The van der Waals surface area contributed by atoms with Crippen molar-refractivity contribution >= 4 is 23.2 Å². The largest absolute Gasteiger partial charge is 0.398 e. The van der Waals surface area contributed by atoms with Gasteiger partial charge in [0.25, 0.3) is 0 Å². The SMILES string of the molecule is CN(C)C(=O)N1CCC[C@@H](Nc2ccnc(-c3cnc4ccc(N)cn34)n2)C1. The first-order chi connectivity index (χ1) is 13.5. The molecule has 0 aromatic carbocycles. The molecule has 4 rings (SSSR count). The van der Waals surface area contributed by atoms with Crippen LogP contribution in [0.3, 0.4) is 0 Å². The van der Waals surface area contributed by atoms with Crippen LogP contribution in [-0.4, -0.2) is 68.4 Å². The van der Waals surface area contributed by atoms with E-state index >= 15 is 0 Å². The topological polar surface area (TPSA) is 105 Å². The van der Waals surface area contributed by atoms with Crippen molar-refractivity contribution in [2.75, 3.05) is 38.2 Å². The number of nitrogens with one attached hydrogen (secondary N) is 1. The predicted molar refractivity (Wildman–Crippen MR) is 108 cm³/mol. The quantitative estimate of drug-likeness (QED) is 0.719. The molecule has 1 aliphatic rings. The average Bonchev–Trinajstić information content (AvgIpc) is 3.10. The first kappa shape index (κ1) is 18.0. The monoisotopic (exact) mass is 380 g/mol. The highest BCUT2D eigenvalue weighted by Gasteiger charge is 2.25. The number of pyridine rings is 1. The average molecular weight is 380 g/mol. The number of carbonyl (C=O) groups is 1. The van der Waals surface area contributed by atoms with Gasteiger partial charge >= 0.3 is 6.03 Å². The van der Waals surface area contributed by atoms with E-state index in [1.54, 1.807) is 31.4 Å². The molecule has 3 aromatic rings. The Morgan fingerprint density at radius 1 is 1.29 bits per heavy atom. The molecule has 2 amide bonds. The fraction of sp³-hybridized carbons (Fsp3) is 0.368. The Bertz CT molecular complexity index is 999. The van der Waals surface area contributed by atoms with Gasteiger partial charge in [-0.1, -0.05) is 0 Å². The highest BCUT2D eigenvalue weighted by Crippen LogP contribution is 2.21. The molecule has 0 saturated carbocycles. The number of hydrogen-bond donors (Lipinski definition) is 2. The van der Waals surface area contributed by atoms with Crippen molar-refractivity contribution in [1.29, 1.82) is 0 Å². The normalized spacial score (nSPS) is 16.9. The lowest BCUT2D eigenvalue weighted by atomic mass is 10.1. The Hall–Kier alpha value is -3.36. The molecule has 1 saturated heterocycles. The van der Waals surface area contributed by atoms with Gasteiger partial charge in [-0.2, -0.15) is 0 Å². The van der Waals surface area contributed by atoms with Crippen LogP contribution in [0, 0.1) is 0 Å². The van der Waals surface area contributed by atoms with E-state index in [-0.39, 0.29) is 12.1 Å². The van der Waals surface area contributed by atoms with Crippen molar-refractivity contribution in [2.45, 2.75) is 18.9 Å². The summed E-state index contributed by atoms with van der Waals surface area (Å²) in [6, 6.07) is 5.71. The number of rotatable bonds is 3. The number of hydrogen-bond acceptors (Lipinski definition) is 6. The van der Waals surface area contributed by atoms with E-state index in [0.717, 1.165) is 36.5 Å². The van der Waals surface area contributed by atoms with E-state index < -0.39 is 0 Å². The minimum atomic E-state index is 0.0400. The Labute approximate surface area is 163 Å². The third-order valence-electron chi connectivity index (χ3n) is 4.84. The minimum Gasteiger partial charge on any atom is -0.398 e. The standard InChI is InChI=1S/C19H24N8O/c1-25(2)19(28)26-9-3-4-14(12-26)23-16-7-8-21-18(24-16)15-10-22-17-6-5-13(20)11-27(15)17/h5-8,10-11,14H,3-4,9,12,20H2,1-2H3,(H,21,23,24)/t14-/m1/s1. The van der Waals surface area contributed by atoms with Gasteiger partial charge in [0, 0.05) is 51.3 Å². The minimum absolute atomic E-state index is 0.0400. The Kier molecular flexibility index (Phi) is 4.72. The van der Waals surface area contributed by atoms with Crippen LogP contribution < -0.4 is 11.1 Å². The highest BCUT2D eigenvalue weighted by atomic mass is 16.2. The molecule has 0 aliphatic carbocycles. The zero-order valence-corrected chi connectivity index (χ0v) is 16.0. The number of anilines is 2. The summed E-state index contributed by atoms with van der Waals surface area (Å²) in [5, 5.41) is 3.45. The number of imidazole rings is 1. The van der Waals surface area contributed by atoms with Gasteiger partial charge in [0.15, 0.2) is 5.82 Å². The van der Waals surface area contributed by atoms with E-state index in [1.165, 1.54) is 0 Å². The van der Waals surface area contributed by atoms with Crippen LogP contribution in [0.25, 0.3) is 17.2 Å². The van der Waals surface area contributed by atoms with Crippen molar-refractivity contribution in [3.63, 3.8) is 0 Å². The summed E-state index contributed by atoms with van der Waals surface area (Å²) in [6.07, 6.45) is 7.23. The maximum absolute atomic E-state index is 12.2. The summed E-state index contributed by atoms with van der Waals surface area (Å²) < 4.78 is 1.88. The van der Waals surface area contributed by atoms with Crippen molar-refractivity contribution in [3.05, 3.63) is 36.8 Å². The molecule has 1 aliphatic heterocycles. The number of nitrogen functional groups attached to an aromatic ring is 1. The molecule has 0 spiro atoms. The van der Waals surface area contributed by atoms with Crippen LogP contribution in [0.5, 0.6) is 0 Å². The van der Waals surface area contributed by atoms with Crippen LogP contribution >= 0.6 is 0 Å². The second kappa shape index (κ2) is 7.34. The molecule has 0 unspecified atom stereocenters. The number of amides is 2. The predicted octanol–water partition coefficient (Wildman–Crippen LogP) is 1.93. The zero-order chi connectivity index (χ0) is 19.7. The number of likely N-dealkylation sites (tertiary alicyclic amines) is 1. The number of nitrogens with two attached hydrogens (primary N) is 1. The third kappa shape index (κ3) is 3.55. The van der Waals surface area contributed by atoms with Crippen LogP contribution in [0.1, 0.15) is 12.8 Å². The lowest BCUT2D eigenvalue weighted by Gasteiger charge is -2.34. The number of piperidine rings is 1. The van der Waals surface area contributed by atoms with E-state index in [9.17, 15) is 4.79 Å². The summed E-state index contributed by atoms with van der Waals surface area (Å²) in [6.45, 7) is 1.44. The maximum atomic E-state index is 12.2. The fourth-order valence-corrected chi connectivity index (χ4v) is 3.49. The van der Waals surface area contributed by atoms with Gasteiger partial charge in [0.2, 0.25) is 0 Å². The number of fused-ring (bicyclic) bond motifs is 1. The second-order valence-corrected chi connectivity index (χ2v) is 7.21. The van der Waals surface area contributed by atoms with Gasteiger partial charge in [-0.15, -0.1) is 0 Å². The fourth-order valence-electron chi connectivity index (χ4n) is 3.49. The molecule has 0 bridgehead atoms. The smallest absolute Gasteiger partial charge is 0.319 e. The zero-order valence-electron chi connectivity index (χ0n) is 16.0. The lowest BCUT2D eigenvalue weighted by molar-refractivity contribution is 0.157. The number of nitrogens with zero attached hydrogens (tertiary/aromatic N) is 6. The first-order valence-corrected chi connectivity index (χ1v) is 9.30. The van der Waals surface area contributed by atoms with Crippen LogP contribution in [-0.2, 0) is 0 Å². The Morgan fingerprint density at radius 3 is 2.96 bits per heavy atom. The number of carbonyl (C=O) groups excluding carboxylic acids is 1. The Morgan fingerprint density at radius 2 is 2.14 bits per heavy atom. The molecule has 146 valence electrons. The molecular weight excluding hydrogens is 356 g/mol. The molecule has 3 aromatic heterocycles. The molecular formula is C19H24N8O. The van der Waals surface area contributed by atoms with Crippen LogP contribution in [0.2, 0.25) is 0 Å². The maximum Gasteiger partial charge on any atom is 0.319 e. The third-order valence-corrected chi connectivity index (χ3v) is 4.84. The number of urea groups is 1. The van der Waals surface area contributed by atoms with Crippen molar-refractivity contribution in [1.82, 2.24) is 29.2 Å². The summed E-state index contributed by atoms with van der Waals surface area (Å²) in [4.78, 5) is 29.2. The van der Waals surface area contributed by atoms with E-state index in [0.29, 0.717) is 18.1 Å². The Balaban J connectivity index is 1.54. The van der Waals surface area contributed by atoms with E-state index in [2.05, 4.69) is 20.3 Å². The molecule has 4 heterocycles. The van der Waals surface area contributed by atoms with Crippen molar-refractivity contribution in [2.24, 2.45) is 0 Å². The highest BCUT2D eigenvalue weighted by molar-refractivity contribution is 5.74. The summed E-state index contributed by atoms with van der Waals surface area (Å²) in [5.74, 6) is 1.30. The van der Waals surface area contributed by atoms with Gasteiger partial charge in [0.05, 0.1) is 6.20 Å². The van der Waals surface area contributed by atoms with Crippen LogP contribution in [0.15, 0.2) is 36.8 Å². The van der Waals surface area contributed by atoms with Gasteiger partial charge in [-0.05, 0) is 31.0 Å². The van der Waals surface area contributed by atoms with Gasteiger partial charge < -0.3 is 20.9 Å². The molecule has 9 nitrogen and oxygen atoms in total. The summed E-state index contributed by atoms with van der Waals surface area (Å²) in [7, 11) is 3.55. The molecule has 0 radical (unpaired) electrons. The lowest BCUT2D eigenvalue weighted by Crippen LogP contribution is -2.48. The van der Waals surface area contributed by atoms with Gasteiger partial charge in [-0.3, -0.25) is 4.40 Å². The number of aromatic nitrogens is 4. The summed E-state index contributed by atoms with van der Waals surface area (Å²) in [5.41, 5.74) is 8.12. The van der Waals surface area contributed by atoms with E-state index in [4.69, 9.17) is 5.73 Å². The van der Waals surface area contributed by atoms with Crippen molar-refractivity contribution < 1.29 is 4.79 Å². The molecule has 9 heteroatoms. The van der Waals surface area contributed by atoms with Gasteiger partial charge in [-0.25, -0.2) is 19.7 Å². The van der Waals surface area contributed by atoms with Gasteiger partial charge in [0.1, 0.15) is 17.2 Å². The molecule has 28 heavy (non-hydrogen) atoms. The van der Waals surface area contributed by atoms with Crippen LogP contribution in [0.4, 0.5) is 16.3 Å². The second-order valence-electron chi connectivity index (χ2n) is 7.21. The van der Waals surface area contributed by atoms with Crippen molar-refractivity contribution in [3.8, 4) is 11.5 Å². The summed E-state index contributed by atoms with van der Waals surface area (Å²) >= 11 is 0. The van der Waals surface area contributed by atoms with E-state index in [1.807, 2.05) is 33.7 Å². The first-order valence-electron chi connectivity index (χ1n) is 9.30.